The fourth-order valence-corrected chi connectivity index (χ4v) is 2.18. The second-order valence-electron chi connectivity index (χ2n) is 4.77. The molecule has 4 nitrogen and oxygen atoms in total. The van der Waals surface area contributed by atoms with E-state index in [1.807, 2.05) is 18.7 Å². The Morgan fingerprint density at radius 3 is 2.73 bits per heavy atom. The van der Waals surface area contributed by atoms with E-state index in [1.54, 1.807) is 0 Å². The maximum Gasteiger partial charge on any atom is 0.225 e. The van der Waals surface area contributed by atoms with Crippen LogP contribution in [-0.2, 0) is 4.79 Å². The summed E-state index contributed by atoms with van der Waals surface area (Å²) in [5, 5.41) is 8.89. The van der Waals surface area contributed by atoms with Crippen molar-refractivity contribution in [2.24, 2.45) is 17.6 Å². The van der Waals surface area contributed by atoms with Crippen LogP contribution in [0.4, 0.5) is 0 Å². The van der Waals surface area contributed by atoms with Gasteiger partial charge in [-0.2, -0.15) is 0 Å². The highest BCUT2D eigenvalue weighted by molar-refractivity contribution is 5.78. The lowest BCUT2D eigenvalue weighted by atomic mass is 9.91. The molecule has 2 unspecified atom stereocenters. The van der Waals surface area contributed by atoms with Crippen LogP contribution in [0.1, 0.15) is 26.7 Å². The molecule has 1 fully saturated rings. The van der Waals surface area contributed by atoms with Gasteiger partial charge in [0, 0.05) is 31.7 Å². The Morgan fingerprint density at radius 2 is 2.20 bits per heavy atom. The van der Waals surface area contributed by atoms with E-state index in [2.05, 4.69) is 0 Å². The van der Waals surface area contributed by atoms with Crippen molar-refractivity contribution in [2.75, 3.05) is 19.7 Å². The fraction of sp³-hybridized carbons (Fsp3) is 0.909. The lowest BCUT2D eigenvalue weighted by molar-refractivity contribution is -0.136. The largest absolute Gasteiger partial charge is 0.396 e. The molecule has 0 spiro atoms. The van der Waals surface area contributed by atoms with Gasteiger partial charge in [-0.15, -0.1) is 0 Å². The van der Waals surface area contributed by atoms with E-state index in [-0.39, 0.29) is 24.5 Å². The third-order valence-corrected chi connectivity index (χ3v) is 2.91. The number of rotatable bonds is 3. The predicted octanol–water partition coefficient (Wildman–Crippen LogP) is 0.201. The summed E-state index contributed by atoms with van der Waals surface area (Å²) in [6, 6.07) is 0.0676. The molecule has 0 aromatic carbocycles. The Kier molecular flexibility index (Phi) is 4.54. The Labute approximate surface area is 91.4 Å². The minimum atomic E-state index is 0.0325. The summed E-state index contributed by atoms with van der Waals surface area (Å²) in [6.45, 7) is 5.42. The van der Waals surface area contributed by atoms with E-state index in [0.717, 1.165) is 19.4 Å². The molecule has 0 aliphatic carbocycles. The van der Waals surface area contributed by atoms with Crippen molar-refractivity contribution in [3.63, 3.8) is 0 Å². The number of aliphatic hydroxyl groups is 1. The molecule has 0 aromatic rings. The van der Waals surface area contributed by atoms with Crippen LogP contribution < -0.4 is 5.73 Å². The predicted molar refractivity (Wildman–Crippen MR) is 59.2 cm³/mol. The molecule has 88 valence electrons. The molecular weight excluding hydrogens is 192 g/mol. The van der Waals surface area contributed by atoms with Crippen LogP contribution in [0, 0.1) is 11.8 Å². The van der Waals surface area contributed by atoms with Crippen LogP contribution in [0.15, 0.2) is 0 Å². The number of hydrogen-bond donors (Lipinski definition) is 2. The molecule has 0 saturated carbocycles. The normalized spacial score (nSPS) is 27.1. The molecule has 1 amide bonds. The Morgan fingerprint density at radius 1 is 1.53 bits per heavy atom. The van der Waals surface area contributed by atoms with Gasteiger partial charge in [-0.3, -0.25) is 4.79 Å². The van der Waals surface area contributed by atoms with Crippen LogP contribution in [0.2, 0.25) is 0 Å². The lowest BCUT2D eigenvalue weighted by Gasteiger charge is -2.37. The lowest BCUT2D eigenvalue weighted by Crippen LogP contribution is -2.50. The zero-order chi connectivity index (χ0) is 11.4. The van der Waals surface area contributed by atoms with Crippen molar-refractivity contribution in [1.29, 1.82) is 0 Å². The molecule has 1 aliphatic rings. The van der Waals surface area contributed by atoms with Crippen molar-refractivity contribution in [3.05, 3.63) is 0 Å². The van der Waals surface area contributed by atoms with Gasteiger partial charge in [0.15, 0.2) is 0 Å². The average Bonchev–Trinajstić information content (AvgIpc) is 2.16. The molecule has 1 rings (SSSR count). The van der Waals surface area contributed by atoms with Gasteiger partial charge in [0.05, 0.1) is 0 Å². The van der Waals surface area contributed by atoms with E-state index in [9.17, 15) is 4.79 Å². The molecule has 3 N–H and O–H groups in total. The van der Waals surface area contributed by atoms with Gasteiger partial charge in [-0.05, 0) is 18.8 Å². The maximum atomic E-state index is 11.8. The number of carbonyl (C=O) groups excluding carboxylic acids is 1. The summed E-state index contributed by atoms with van der Waals surface area (Å²) in [5.74, 6) is 0.569. The number of carbonyl (C=O) groups is 1. The van der Waals surface area contributed by atoms with Crippen molar-refractivity contribution in [2.45, 2.75) is 32.7 Å². The summed E-state index contributed by atoms with van der Waals surface area (Å²) in [5.41, 5.74) is 5.91. The van der Waals surface area contributed by atoms with E-state index < -0.39 is 0 Å². The molecule has 4 heteroatoms. The van der Waals surface area contributed by atoms with Crippen molar-refractivity contribution in [3.8, 4) is 0 Å². The van der Waals surface area contributed by atoms with E-state index in [1.165, 1.54) is 0 Å². The molecule has 0 bridgehead atoms. The highest BCUT2D eigenvalue weighted by Gasteiger charge is 2.28. The van der Waals surface area contributed by atoms with E-state index >= 15 is 0 Å². The molecule has 2 atom stereocenters. The monoisotopic (exact) mass is 214 g/mol. The van der Waals surface area contributed by atoms with Crippen LogP contribution in [0.25, 0.3) is 0 Å². The molecule has 1 heterocycles. The third kappa shape index (κ3) is 3.47. The number of nitrogens with two attached hydrogens (primary N) is 1. The van der Waals surface area contributed by atoms with Crippen molar-refractivity contribution < 1.29 is 9.90 Å². The van der Waals surface area contributed by atoms with Gasteiger partial charge in [0.25, 0.3) is 0 Å². The smallest absolute Gasteiger partial charge is 0.225 e. The second-order valence-corrected chi connectivity index (χ2v) is 4.77. The minimum absolute atomic E-state index is 0.0325. The molecule has 0 aromatic heterocycles. The molecule has 1 aliphatic heterocycles. The highest BCUT2D eigenvalue weighted by Crippen LogP contribution is 2.20. The first-order valence-electron chi connectivity index (χ1n) is 5.69. The second kappa shape index (κ2) is 5.47. The summed E-state index contributed by atoms with van der Waals surface area (Å²) in [7, 11) is 0. The third-order valence-electron chi connectivity index (χ3n) is 2.91. The van der Waals surface area contributed by atoms with Crippen LogP contribution in [0.5, 0.6) is 0 Å². The fourth-order valence-electron chi connectivity index (χ4n) is 2.18. The number of aliphatic hydroxyl groups excluding tert-OH is 1. The molecular formula is C11H22N2O2. The summed E-state index contributed by atoms with van der Waals surface area (Å²) in [6.07, 6.45) is 1.66. The number of amides is 1. The quantitative estimate of drug-likeness (QED) is 0.705. The summed E-state index contributed by atoms with van der Waals surface area (Å²) in [4.78, 5) is 13.6. The van der Waals surface area contributed by atoms with E-state index in [0.29, 0.717) is 12.5 Å². The van der Waals surface area contributed by atoms with Gasteiger partial charge in [-0.25, -0.2) is 0 Å². The van der Waals surface area contributed by atoms with E-state index in [4.69, 9.17) is 10.8 Å². The zero-order valence-electron chi connectivity index (χ0n) is 9.65. The average molecular weight is 214 g/mol. The van der Waals surface area contributed by atoms with Crippen molar-refractivity contribution in [1.82, 2.24) is 4.90 Å². The van der Waals surface area contributed by atoms with Crippen molar-refractivity contribution >= 4 is 5.91 Å². The van der Waals surface area contributed by atoms with Crippen LogP contribution >= 0.6 is 0 Å². The summed E-state index contributed by atoms with van der Waals surface area (Å²) < 4.78 is 0. The van der Waals surface area contributed by atoms with Crippen LogP contribution in [0.3, 0.4) is 0 Å². The summed E-state index contributed by atoms with van der Waals surface area (Å²) >= 11 is 0. The van der Waals surface area contributed by atoms with Gasteiger partial charge < -0.3 is 15.7 Å². The van der Waals surface area contributed by atoms with Gasteiger partial charge in [-0.1, -0.05) is 13.8 Å². The number of piperidine rings is 1. The van der Waals surface area contributed by atoms with Gasteiger partial charge >= 0.3 is 0 Å². The highest BCUT2D eigenvalue weighted by atomic mass is 16.3. The Hall–Kier alpha value is -0.610. The number of nitrogens with zero attached hydrogens (tertiary/aromatic N) is 1. The SMILES string of the molecule is CC(C)C(=O)N1CC(N)CC(CCO)C1. The van der Waals surface area contributed by atoms with Crippen LogP contribution in [-0.4, -0.2) is 41.7 Å². The number of hydrogen-bond acceptors (Lipinski definition) is 3. The maximum absolute atomic E-state index is 11.8. The van der Waals surface area contributed by atoms with Gasteiger partial charge in [0.1, 0.15) is 0 Å². The Bertz CT molecular complexity index is 219. The molecule has 15 heavy (non-hydrogen) atoms. The Balaban J connectivity index is 2.55. The zero-order valence-corrected chi connectivity index (χ0v) is 9.65. The number of likely N-dealkylation sites (tertiary alicyclic amines) is 1. The topological polar surface area (TPSA) is 66.6 Å². The first-order chi connectivity index (χ1) is 7.04. The molecule has 1 saturated heterocycles. The minimum Gasteiger partial charge on any atom is -0.396 e. The first-order valence-corrected chi connectivity index (χ1v) is 5.69. The first kappa shape index (κ1) is 12.5. The standard InChI is InChI=1S/C11H22N2O2/c1-8(2)11(15)13-6-9(3-4-14)5-10(12)7-13/h8-10,14H,3-7,12H2,1-2H3. The van der Waals surface area contributed by atoms with Gasteiger partial charge in [0.2, 0.25) is 5.91 Å². The molecule has 0 radical (unpaired) electrons.